The predicted molar refractivity (Wildman–Crippen MR) is 146 cm³/mol. The Hall–Kier alpha value is -1.12. The molecule has 0 bridgehead atoms. The average Bonchev–Trinajstić information content (AvgIpc) is 2.82. The molecular weight excluding hydrogens is 392 g/mol. The zero-order valence-corrected chi connectivity index (χ0v) is 22.7. The highest BCUT2D eigenvalue weighted by molar-refractivity contribution is 5.77. The Morgan fingerprint density at radius 1 is 0.688 bits per heavy atom. The van der Waals surface area contributed by atoms with E-state index in [-0.39, 0.29) is 0 Å². The number of hydrogen-bond acceptors (Lipinski definition) is 3. The van der Waals surface area contributed by atoms with Crippen LogP contribution < -0.4 is 5.32 Å². The van der Waals surface area contributed by atoms with Crippen molar-refractivity contribution in [3.63, 3.8) is 0 Å². The van der Waals surface area contributed by atoms with E-state index in [9.17, 15) is 4.79 Å². The molecule has 0 aliphatic carbocycles. The lowest BCUT2D eigenvalue weighted by atomic mass is 10.0. The Morgan fingerprint density at radius 2 is 1.22 bits per heavy atom. The Balaban J connectivity index is 0. The molecule has 0 heterocycles. The fraction of sp³-hybridized carbons (Fsp3) is 0.862. The molecule has 0 saturated heterocycles. The average molecular weight is 451 g/mol. The van der Waals surface area contributed by atoms with Gasteiger partial charge in [-0.25, -0.2) is 0 Å². The molecule has 0 unspecified atom stereocenters. The van der Waals surface area contributed by atoms with E-state index in [1.807, 2.05) is 20.8 Å². The van der Waals surface area contributed by atoms with Crippen LogP contribution in [0.25, 0.3) is 0 Å². The van der Waals surface area contributed by atoms with Gasteiger partial charge in [0.25, 0.3) is 0 Å². The van der Waals surface area contributed by atoms with Crippen LogP contribution in [0.1, 0.15) is 157 Å². The van der Waals surface area contributed by atoms with Crippen LogP contribution in [0.3, 0.4) is 0 Å². The highest BCUT2D eigenvalue weighted by atomic mass is 16.1. The van der Waals surface area contributed by atoms with Gasteiger partial charge in [-0.2, -0.15) is 0 Å². The Kier molecular flexibility index (Phi) is 30.9. The van der Waals surface area contributed by atoms with Crippen molar-refractivity contribution in [2.75, 3.05) is 6.54 Å². The summed E-state index contributed by atoms with van der Waals surface area (Å²) in [4.78, 5) is 16.0. The summed E-state index contributed by atoms with van der Waals surface area (Å²) in [6.07, 6.45) is 27.2. The molecule has 32 heavy (non-hydrogen) atoms. The summed E-state index contributed by atoms with van der Waals surface area (Å²) in [5, 5.41) is 3.50. The first-order valence-electron chi connectivity index (χ1n) is 14.2. The van der Waals surface area contributed by atoms with Gasteiger partial charge in [0, 0.05) is 31.8 Å². The maximum Gasteiger partial charge on any atom is 0.132 e. The zero-order valence-electron chi connectivity index (χ0n) is 22.7. The molecule has 0 aromatic rings. The van der Waals surface area contributed by atoms with E-state index in [1.54, 1.807) is 0 Å². The third-order valence-electron chi connectivity index (χ3n) is 5.65. The van der Waals surface area contributed by atoms with E-state index in [1.165, 1.54) is 89.2 Å². The summed E-state index contributed by atoms with van der Waals surface area (Å²) in [5.74, 6) is 0.418. The van der Waals surface area contributed by atoms with Crippen LogP contribution in [0.4, 0.5) is 0 Å². The fourth-order valence-electron chi connectivity index (χ4n) is 3.55. The topological polar surface area (TPSA) is 41.5 Å². The molecule has 0 fully saturated rings. The standard InChI is InChI=1S/C27H52N2O.C2H6/c1-4-7-9-10-17-20-23-28-25-26(29-24-8-5-2)21-18-15-13-11-12-14-16-19-22-27(30)6-3;1-2/h24-25,28H,4-23H2,1-3H3;1-2H3/b26-25-,29-24?;. The van der Waals surface area contributed by atoms with Crippen molar-refractivity contribution in [2.24, 2.45) is 4.99 Å². The number of Topliss-reactive ketones (excluding diaryl/α,β-unsaturated/α-hetero) is 1. The van der Waals surface area contributed by atoms with Crippen molar-refractivity contribution in [1.82, 2.24) is 5.32 Å². The maximum atomic E-state index is 11.3. The Labute approximate surface area is 202 Å². The minimum absolute atomic E-state index is 0.418. The minimum Gasteiger partial charge on any atom is -0.389 e. The number of rotatable bonds is 23. The van der Waals surface area contributed by atoms with Crippen molar-refractivity contribution in [3.8, 4) is 0 Å². The lowest BCUT2D eigenvalue weighted by Gasteiger charge is -2.06. The predicted octanol–water partition coefficient (Wildman–Crippen LogP) is 9.56. The molecule has 0 aromatic heterocycles. The van der Waals surface area contributed by atoms with Gasteiger partial charge in [-0.15, -0.1) is 0 Å². The largest absolute Gasteiger partial charge is 0.389 e. The van der Waals surface area contributed by atoms with E-state index in [2.05, 4.69) is 31.6 Å². The van der Waals surface area contributed by atoms with Crippen LogP contribution in [0.5, 0.6) is 0 Å². The molecule has 0 aromatic carbocycles. The van der Waals surface area contributed by atoms with Gasteiger partial charge in [0.05, 0.1) is 5.70 Å². The van der Waals surface area contributed by atoms with Gasteiger partial charge < -0.3 is 5.32 Å². The number of aliphatic imine (C=N–C) groups is 1. The van der Waals surface area contributed by atoms with E-state index >= 15 is 0 Å². The highest BCUT2D eigenvalue weighted by Crippen LogP contribution is 2.14. The molecule has 1 N–H and O–H groups in total. The van der Waals surface area contributed by atoms with Gasteiger partial charge in [-0.05, 0) is 32.1 Å². The summed E-state index contributed by atoms with van der Waals surface area (Å²) < 4.78 is 0. The number of carbonyl (C=O) groups excluding carboxylic acids is 1. The van der Waals surface area contributed by atoms with E-state index in [4.69, 9.17) is 4.99 Å². The van der Waals surface area contributed by atoms with Crippen LogP contribution in [0, 0.1) is 0 Å². The molecule has 0 atom stereocenters. The van der Waals surface area contributed by atoms with Crippen molar-refractivity contribution in [1.29, 1.82) is 0 Å². The Morgan fingerprint density at radius 3 is 1.78 bits per heavy atom. The number of unbranched alkanes of at least 4 members (excludes halogenated alkanes) is 13. The number of ketones is 1. The summed E-state index contributed by atoms with van der Waals surface area (Å²) in [6, 6.07) is 0. The zero-order chi connectivity index (χ0) is 24.1. The van der Waals surface area contributed by atoms with E-state index < -0.39 is 0 Å². The number of hydrogen-bond donors (Lipinski definition) is 1. The van der Waals surface area contributed by atoms with Crippen LogP contribution >= 0.6 is 0 Å². The third-order valence-corrected chi connectivity index (χ3v) is 5.65. The maximum absolute atomic E-state index is 11.3. The summed E-state index contributed by atoms with van der Waals surface area (Å²) in [6.45, 7) is 11.5. The highest BCUT2D eigenvalue weighted by Gasteiger charge is 1.99. The van der Waals surface area contributed by atoms with Gasteiger partial charge in [0.15, 0.2) is 0 Å². The van der Waals surface area contributed by atoms with Crippen LogP contribution in [-0.4, -0.2) is 18.5 Å². The summed E-state index contributed by atoms with van der Waals surface area (Å²) in [5.41, 5.74) is 1.22. The van der Waals surface area contributed by atoms with Crippen LogP contribution in [0.15, 0.2) is 16.9 Å². The van der Waals surface area contributed by atoms with Gasteiger partial charge >= 0.3 is 0 Å². The van der Waals surface area contributed by atoms with Crippen LogP contribution in [-0.2, 0) is 4.79 Å². The summed E-state index contributed by atoms with van der Waals surface area (Å²) >= 11 is 0. The molecule has 0 saturated carbocycles. The molecule has 0 radical (unpaired) electrons. The fourth-order valence-corrected chi connectivity index (χ4v) is 3.55. The first-order chi connectivity index (χ1) is 15.7. The van der Waals surface area contributed by atoms with Crippen molar-refractivity contribution >= 4 is 12.0 Å². The molecule has 190 valence electrons. The monoisotopic (exact) mass is 450 g/mol. The smallest absolute Gasteiger partial charge is 0.132 e. The molecule has 0 rings (SSSR count). The normalized spacial score (nSPS) is 11.5. The third kappa shape index (κ3) is 26.9. The van der Waals surface area contributed by atoms with Crippen molar-refractivity contribution < 1.29 is 4.79 Å². The first-order valence-corrected chi connectivity index (χ1v) is 14.2. The van der Waals surface area contributed by atoms with Gasteiger partial charge in [-0.3, -0.25) is 9.79 Å². The van der Waals surface area contributed by atoms with Crippen LogP contribution in [0.2, 0.25) is 0 Å². The van der Waals surface area contributed by atoms with Crippen molar-refractivity contribution in [3.05, 3.63) is 11.9 Å². The van der Waals surface area contributed by atoms with Crippen molar-refractivity contribution in [2.45, 2.75) is 157 Å². The number of allylic oxidation sites excluding steroid dienone is 1. The Bertz CT molecular complexity index is 429. The van der Waals surface area contributed by atoms with Gasteiger partial charge in [-0.1, -0.05) is 112 Å². The summed E-state index contributed by atoms with van der Waals surface area (Å²) in [7, 11) is 0. The lowest BCUT2D eigenvalue weighted by molar-refractivity contribution is -0.118. The molecule has 0 spiro atoms. The molecule has 0 amide bonds. The SMILES string of the molecule is CC.CCCC=N/C(=C\NCCCCCCCC)CCCCCCCCCCC(=O)CC. The number of nitrogens with zero attached hydrogens (tertiary/aromatic N) is 1. The second kappa shape index (κ2) is 29.9. The number of carbonyl (C=O) groups is 1. The molecular formula is C29H58N2O. The molecule has 3 nitrogen and oxygen atoms in total. The van der Waals surface area contributed by atoms with Gasteiger partial charge in [0.2, 0.25) is 0 Å². The number of nitrogens with one attached hydrogen (secondary N) is 1. The van der Waals surface area contributed by atoms with E-state index in [0.717, 1.165) is 38.6 Å². The lowest BCUT2D eigenvalue weighted by Crippen LogP contribution is -2.08. The van der Waals surface area contributed by atoms with Gasteiger partial charge in [0.1, 0.15) is 5.78 Å². The first kappa shape index (κ1) is 33.1. The van der Waals surface area contributed by atoms with E-state index in [0.29, 0.717) is 12.2 Å². The molecule has 0 aliphatic rings. The molecule has 3 heteroatoms. The second-order valence-electron chi connectivity index (χ2n) is 8.68. The minimum atomic E-state index is 0.418. The molecule has 0 aliphatic heterocycles. The second-order valence-corrected chi connectivity index (χ2v) is 8.68. The quantitative estimate of drug-likeness (QED) is 0.124.